The van der Waals surface area contributed by atoms with Gasteiger partial charge in [0.05, 0.1) is 23.3 Å². The van der Waals surface area contributed by atoms with E-state index in [1.807, 2.05) is 66.7 Å². The lowest BCUT2D eigenvalue weighted by Crippen LogP contribution is -2.55. The molecule has 11 heteroatoms. The first-order valence-electron chi connectivity index (χ1n) is 14.4. The summed E-state index contributed by atoms with van der Waals surface area (Å²) in [5, 5.41) is 10.7. The fourth-order valence-corrected chi connectivity index (χ4v) is 5.04. The van der Waals surface area contributed by atoms with Gasteiger partial charge in [0.1, 0.15) is 11.7 Å². The summed E-state index contributed by atoms with van der Waals surface area (Å²) >= 11 is 0. The Labute approximate surface area is 253 Å². The number of para-hydroxylation sites is 2. The molecule has 2 heterocycles. The van der Waals surface area contributed by atoms with Gasteiger partial charge >= 0.3 is 0 Å². The minimum Gasteiger partial charge on any atom is -0.356 e. The van der Waals surface area contributed by atoms with Crippen molar-refractivity contribution in [3.63, 3.8) is 0 Å². The summed E-state index contributed by atoms with van der Waals surface area (Å²) < 4.78 is 0. The first-order valence-corrected chi connectivity index (χ1v) is 14.4. The second-order valence-corrected chi connectivity index (χ2v) is 10.6. The second-order valence-electron chi connectivity index (χ2n) is 10.6. The van der Waals surface area contributed by atoms with Crippen LogP contribution in [0.1, 0.15) is 34.5 Å². The molecule has 0 saturated carbocycles. The van der Waals surface area contributed by atoms with E-state index in [1.165, 1.54) is 6.20 Å². The van der Waals surface area contributed by atoms with Crippen LogP contribution in [0.2, 0.25) is 0 Å². The maximum atomic E-state index is 13.8. The van der Waals surface area contributed by atoms with Crippen LogP contribution in [0, 0.1) is 5.92 Å². The number of nitrogens with one attached hydrogen (secondary N) is 4. The van der Waals surface area contributed by atoms with Crippen LogP contribution in [0.3, 0.4) is 0 Å². The van der Waals surface area contributed by atoms with Crippen LogP contribution in [0.4, 0.5) is 0 Å². The van der Waals surface area contributed by atoms with Gasteiger partial charge in [-0.1, -0.05) is 72.8 Å². The molecule has 0 unspecified atom stereocenters. The molecule has 11 nitrogen and oxygen atoms in total. The van der Waals surface area contributed by atoms with E-state index in [0.29, 0.717) is 24.0 Å². The summed E-state index contributed by atoms with van der Waals surface area (Å²) in [4.78, 5) is 74.4. The average Bonchev–Trinajstić information content (AvgIpc) is 3.46. The smallest absolute Gasteiger partial charge is 0.289 e. The molecule has 1 aliphatic rings. The first kappa shape index (κ1) is 30.0. The van der Waals surface area contributed by atoms with E-state index in [9.17, 15) is 24.0 Å². The fraction of sp³-hybridized carbons (Fsp3) is 0.242. The van der Waals surface area contributed by atoms with Crippen molar-refractivity contribution in [1.29, 1.82) is 0 Å². The predicted molar refractivity (Wildman–Crippen MR) is 162 cm³/mol. The molecule has 1 aliphatic heterocycles. The summed E-state index contributed by atoms with van der Waals surface area (Å²) in [7, 11) is 0. The zero-order valence-electron chi connectivity index (χ0n) is 23.9. The van der Waals surface area contributed by atoms with Gasteiger partial charge in [0.15, 0.2) is 0 Å². The Morgan fingerprint density at radius 2 is 1.48 bits per heavy atom. The molecule has 224 valence electrons. The highest BCUT2D eigenvalue weighted by molar-refractivity contribution is 6.38. The summed E-state index contributed by atoms with van der Waals surface area (Å²) in [6.07, 6.45) is 1.84. The molecule has 0 bridgehead atoms. The van der Waals surface area contributed by atoms with E-state index in [0.717, 1.165) is 11.1 Å². The van der Waals surface area contributed by atoms with Gasteiger partial charge in [-0.25, -0.2) is 4.98 Å². The molecule has 4 N–H and O–H groups in total. The van der Waals surface area contributed by atoms with Crippen molar-refractivity contribution in [1.82, 2.24) is 31.2 Å². The SMILES string of the molecule is O=C(NCc1ccccc1)C(=O)[C@H](C[C@@H]1CCNC1=O)NC(=O)[C@H](Cc1ccccc1)NC(=O)c1cnc2ccccc2n1. The van der Waals surface area contributed by atoms with Crippen LogP contribution in [0.25, 0.3) is 11.0 Å². The van der Waals surface area contributed by atoms with Crippen molar-refractivity contribution >= 4 is 40.4 Å². The number of nitrogens with zero attached hydrogens (tertiary/aromatic N) is 2. The molecule has 44 heavy (non-hydrogen) atoms. The minimum absolute atomic E-state index is 0.0186. The Bertz CT molecular complexity index is 1660. The topological polar surface area (TPSA) is 159 Å². The van der Waals surface area contributed by atoms with Crippen LogP contribution in [0.15, 0.2) is 91.1 Å². The quantitative estimate of drug-likeness (QED) is 0.183. The molecule has 4 aromatic rings. The van der Waals surface area contributed by atoms with E-state index < -0.39 is 41.5 Å². The normalized spacial score (nSPS) is 15.5. The number of Topliss-reactive ketones (excluding diaryl/α,β-unsaturated/α-hetero) is 1. The first-order chi connectivity index (χ1) is 21.4. The van der Waals surface area contributed by atoms with Crippen molar-refractivity contribution in [2.75, 3.05) is 6.54 Å². The highest BCUT2D eigenvalue weighted by Gasteiger charge is 2.35. The average molecular weight is 593 g/mol. The summed E-state index contributed by atoms with van der Waals surface area (Å²) in [5.74, 6) is -3.86. The standard InChI is InChI=1S/C33H32N6O5/c40-29(33(44)36-19-22-11-5-2-6-12-22)26(18-23-15-16-34-30(23)41)38-31(42)27(17-21-9-3-1-4-10-21)39-32(43)28-20-35-24-13-7-8-14-25(24)37-28/h1-14,20,23,26-27H,15-19H2,(H,34,41)(H,36,44)(H,38,42)(H,39,43)/t23-,26-,27-/m0/s1. The van der Waals surface area contributed by atoms with Crippen LogP contribution in [-0.4, -0.2) is 58.0 Å². The minimum atomic E-state index is -1.29. The predicted octanol–water partition coefficient (Wildman–Crippen LogP) is 1.87. The maximum Gasteiger partial charge on any atom is 0.289 e. The Kier molecular flexibility index (Phi) is 9.65. The number of rotatable bonds is 12. The number of hydrogen-bond donors (Lipinski definition) is 4. The molecule has 5 rings (SSSR count). The van der Waals surface area contributed by atoms with E-state index in [2.05, 4.69) is 31.2 Å². The third-order valence-corrected chi connectivity index (χ3v) is 7.42. The molecular weight excluding hydrogens is 560 g/mol. The van der Waals surface area contributed by atoms with Gasteiger partial charge in [-0.15, -0.1) is 0 Å². The third kappa shape index (κ3) is 7.68. The summed E-state index contributed by atoms with van der Waals surface area (Å²) in [5.41, 5.74) is 2.71. The lowest BCUT2D eigenvalue weighted by atomic mass is 9.94. The van der Waals surface area contributed by atoms with E-state index in [4.69, 9.17) is 0 Å². The molecule has 4 amide bonds. The summed E-state index contributed by atoms with van der Waals surface area (Å²) in [6.45, 7) is 0.563. The highest BCUT2D eigenvalue weighted by Crippen LogP contribution is 2.18. The zero-order chi connectivity index (χ0) is 30.9. The molecule has 1 fully saturated rings. The van der Waals surface area contributed by atoms with E-state index in [-0.39, 0.29) is 31.0 Å². The second kappa shape index (κ2) is 14.1. The number of fused-ring (bicyclic) bond motifs is 1. The number of hydrogen-bond acceptors (Lipinski definition) is 7. The largest absolute Gasteiger partial charge is 0.356 e. The van der Waals surface area contributed by atoms with Crippen LogP contribution in [-0.2, 0) is 32.1 Å². The van der Waals surface area contributed by atoms with Crippen molar-refractivity contribution in [3.05, 3.63) is 108 Å². The molecule has 3 aromatic carbocycles. The van der Waals surface area contributed by atoms with Gasteiger partial charge in [0, 0.05) is 25.4 Å². The Morgan fingerprint density at radius 1 is 0.818 bits per heavy atom. The molecule has 0 aliphatic carbocycles. The highest BCUT2D eigenvalue weighted by atomic mass is 16.2. The van der Waals surface area contributed by atoms with Crippen molar-refractivity contribution < 1.29 is 24.0 Å². The van der Waals surface area contributed by atoms with Crippen molar-refractivity contribution in [2.45, 2.75) is 37.9 Å². The van der Waals surface area contributed by atoms with E-state index >= 15 is 0 Å². The molecule has 0 spiro atoms. The van der Waals surface area contributed by atoms with Gasteiger partial charge < -0.3 is 21.3 Å². The molecule has 3 atom stereocenters. The Morgan fingerprint density at radius 3 is 2.16 bits per heavy atom. The van der Waals surface area contributed by atoms with Gasteiger partial charge in [-0.3, -0.25) is 29.0 Å². The van der Waals surface area contributed by atoms with E-state index in [1.54, 1.807) is 18.2 Å². The zero-order valence-corrected chi connectivity index (χ0v) is 23.9. The number of carbonyl (C=O) groups excluding carboxylic acids is 5. The van der Waals surface area contributed by atoms with Crippen molar-refractivity contribution in [3.8, 4) is 0 Å². The molecule has 1 saturated heterocycles. The number of amides is 4. The number of ketones is 1. The third-order valence-electron chi connectivity index (χ3n) is 7.42. The number of carbonyl (C=O) groups is 5. The monoisotopic (exact) mass is 592 g/mol. The number of benzene rings is 3. The van der Waals surface area contributed by atoms with Crippen LogP contribution >= 0.6 is 0 Å². The Balaban J connectivity index is 1.35. The van der Waals surface area contributed by atoms with Crippen LogP contribution in [0.5, 0.6) is 0 Å². The number of aromatic nitrogens is 2. The van der Waals surface area contributed by atoms with Gasteiger partial charge in [0.25, 0.3) is 11.8 Å². The van der Waals surface area contributed by atoms with Crippen molar-refractivity contribution in [2.24, 2.45) is 5.92 Å². The van der Waals surface area contributed by atoms with Gasteiger partial charge in [-0.05, 0) is 36.1 Å². The fourth-order valence-electron chi connectivity index (χ4n) is 5.04. The van der Waals surface area contributed by atoms with Gasteiger partial charge in [-0.2, -0.15) is 0 Å². The van der Waals surface area contributed by atoms with Gasteiger partial charge in [0.2, 0.25) is 17.6 Å². The Hall–Kier alpha value is -5.45. The lowest BCUT2D eigenvalue weighted by molar-refractivity contribution is -0.141. The molecule has 1 aromatic heterocycles. The maximum absolute atomic E-state index is 13.8. The van der Waals surface area contributed by atoms with Crippen LogP contribution < -0.4 is 21.3 Å². The lowest BCUT2D eigenvalue weighted by Gasteiger charge is -2.24. The summed E-state index contributed by atoms with van der Waals surface area (Å²) in [6, 6.07) is 22.8. The molecular formula is C33H32N6O5. The molecule has 0 radical (unpaired) electrons.